The van der Waals surface area contributed by atoms with Gasteiger partial charge in [0.05, 0.1) is 25.4 Å². The predicted molar refractivity (Wildman–Crippen MR) is 95.9 cm³/mol. The maximum Gasteiger partial charge on any atom is 0.193 e. The molecule has 128 valence electrons. The van der Waals surface area contributed by atoms with Gasteiger partial charge in [-0.05, 0) is 43.9 Å². The molecule has 0 saturated carbocycles. The maximum atomic E-state index is 13.1. The van der Waals surface area contributed by atoms with Gasteiger partial charge in [-0.3, -0.25) is 4.99 Å². The lowest BCUT2D eigenvalue weighted by Crippen LogP contribution is -2.27. The normalized spacial score (nSPS) is 13.0. The van der Waals surface area contributed by atoms with Crippen LogP contribution in [0.4, 0.5) is 10.1 Å². The van der Waals surface area contributed by atoms with Crippen molar-refractivity contribution >= 4 is 11.6 Å². The minimum absolute atomic E-state index is 0.00335. The molecule has 0 amide bonds. The standard InChI is InChI=1S/C18H23FN4O/c1-23(2)16(13-8-10-14(19)11-9-13)12-21-18(20)22-15-6-4-5-7-17(15)24-3/h4-11,16H,12H2,1-3H3,(H3,20,21,22). The number of nitrogens with one attached hydrogen (secondary N) is 1. The molecular weight excluding hydrogens is 307 g/mol. The first-order valence-electron chi connectivity index (χ1n) is 7.63. The van der Waals surface area contributed by atoms with Crippen molar-refractivity contribution in [3.63, 3.8) is 0 Å². The summed E-state index contributed by atoms with van der Waals surface area (Å²) in [5.74, 6) is 0.740. The second-order valence-electron chi connectivity index (χ2n) is 5.58. The van der Waals surface area contributed by atoms with E-state index in [2.05, 4.69) is 10.3 Å². The van der Waals surface area contributed by atoms with E-state index in [0.29, 0.717) is 18.3 Å². The van der Waals surface area contributed by atoms with Gasteiger partial charge in [0.25, 0.3) is 0 Å². The zero-order chi connectivity index (χ0) is 17.5. The number of para-hydroxylation sites is 2. The molecular formula is C18H23FN4O. The molecule has 3 N–H and O–H groups in total. The summed E-state index contributed by atoms with van der Waals surface area (Å²) in [4.78, 5) is 6.43. The molecule has 0 aliphatic heterocycles. The summed E-state index contributed by atoms with van der Waals surface area (Å²) in [7, 11) is 5.51. The maximum absolute atomic E-state index is 13.1. The number of hydrogen-bond acceptors (Lipinski definition) is 3. The van der Waals surface area contributed by atoms with Crippen molar-refractivity contribution in [2.45, 2.75) is 6.04 Å². The molecule has 0 bridgehead atoms. The largest absolute Gasteiger partial charge is 0.495 e. The van der Waals surface area contributed by atoms with Crippen LogP contribution >= 0.6 is 0 Å². The molecule has 0 heterocycles. The monoisotopic (exact) mass is 330 g/mol. The number of halogens is 1. The summed E-state index contributed by atoms with van der Waals surface area (Å²) in [6.07, 6.45) is 0. The minimum Gasteiger partial charge on any atom is -0.495 e. The van der Waals surface area contributed by atoms with E-state index < -0.39 is 0 Å². The fraction of sp³-hybridized carbons (Fsp3) is 0.278. The third-order valence-corrected chi connectivity index (χ3v) is 3.68. The molecule has 2 aromatic rings. The van der Waals surface area contributed by atoms with E-state index in [-0.39, 0.29) is 11.9 Å². The van der Waals surface area contributed by atoms with Gasteiger partial charge >= 0.3 is 0 Å². The van der Waals surface area contributed by atoms with Crippen LogP contribution < -0.4 is 15.8 Å². The molecule has 0 aliphatic rings. The minimum atomic E-state index is -0.253. The van der Waals surface area contributed by atoms with Gasteiger partial charge in [-0.25, -0.2) is 4.39 Å². The Morgan fingerprint density at radius 2 is 1.88 bits per heavy atom. The molecule has 0 spiro atoms. The number of guanidine groups is 1. The average molecular weight is 330 g/mol. The lowest BCUT2D eigenvalue weighted by molar-refractivity contribution is 0.306. The second kappa shape index (κ2) is 8.31. The van der Waals surface area contributed by atoms with Crippen molar-refractivity contribution in [2.24, 2.45) is 10.7 Å². The summed E-state index contributed by atoms with van der Waals surface area (Å²) in [5.41, 5.74) is 7.72. The van der Waals surface area contributed by atoms with Gasteiger partial charge in [-0.2, -0.15) is 0 Å². The van der Waals surface area contributed by atoms with E-state index in [1.165, 1.54) is 12.1 Å². The molecule has 0 radical (unpaired) electrons. The third-order valence-electron chi connectivity index (χ3n) is 3.68. The summed E-state index contributed by atoms with van der Waals surface area (Å²) in [6.45, 7) is 0.451. The highest BCUT2D eigenvalue weighted by Gasteiger charge is 2.14. The van der Waals surface area contributed by atoms with Crippen LogP contribution in [0.15, 0.2) is 53.5 Å². The van der Waals surface area contributed by atoms with Crippen molar-refractivity contribution < 1.29 is 9.13 Å². The molecule has 6 heteroatoms. The number of methoxy groups -OCH3 is 1. The number of anilines is 1. The molecule has 2 rings (SSSR count). The van der Waals surface area contributed by atoms with Crippen LogP contribution in [-0.4, -0.2) is 38.6 Å². The van der Waals surface area contributed by atoms with E-state index in [1.807, 2.05) is 43.3 Å². The van der Waals surface area contributed by atoms with Gasteiger partial charge in [0.1, 0.15) is 11.6 Å². The lowest BCUT2D eigenvalue weighted by atomic mass is 10.1. The number of benzene rings is 2. The smallest absolute Gasteiger partial charge is 0.193 e. The molecule has 1 atom stereocenters. The van der Waals surface area contributed by atoms with E-state index in [4.69, 9.17) is 10.5 Å². The van der Waals surface area contributed by atoms with Crippen LogP contribution in [0.5, 0.6) is 5.75 Å². The van der Waals surface area contributed by atoms with E-state index >= 15 is 0 Å². The first kappa shape index (κ1) is 17.7. The molecule has 2 aromatic carbocycles. The topological polar surface area (TPSA) is 62.9 Å². The fourth-order valence-corrected chi connectivity index (χ4v) is 2.36. The number of hydrogen-bond donors (Lipinski definition) is 2. The van der Waals surface area contributed by atoms with Crippen LogP contribution in [0.3, 0.4) is 0 Å². The Bertz CT molecular complexity index is 686. The van der Waals surface area contributed by atoms with Crippen molar-refractivity contribution in [3.8, 4) is 5.75 Å². The molecule has 0 fully saturated rings. The zero-order valence-electron chi connectivity index (χ0n) is 14.2. The molecule has 1 unspecified atom stereocenters. The summed E-state index contributed by atoms with van der Waals surface area (Å²) in [5, 5.41) is 3.04. The van der Waals surface area contributed by atoms with Gasteiger partial charge in [0.15, 0.2) is 5.96 Å². The Morgan fingerprint density at radius 3 is 2.50 bits per heavy atom. The van der Waals surface area contributed by atoms with Crippen molar-refractivity contribution in [1.82, 2.24) is 4.90 Å². The third kappa shape index (κ3) is 4.70. The van der Waals surface area contributed by atoms with Gasteiger partial charge in [0, 0.05) is 0 Å². The summed E-state index contributed by atoms with van der Waals surface area (Å²) >= 11 is 0. The summed E-state index contributed by atoms with van der Waals surface area (Å²) < 4.78 is 18.4. The lowest BCUT2D eigenvalue weighted by Gasteiger charge is -2.23. The number of aliphatic imine (C=N–C) groups is 1. The average Bonchev–Trinajstić information content (AvgIpc) is 2.57. The van der Waals surface area contributed by atoms with E-state index in [1.54, 1.807) is 19.2 Å². The van der Waals surface area contributed by atoms with E-state index in [0.717, 1.165) is 11.3 Å². The van der Waals surface area contributed by atoms with Crippen LogP contribution in [0, 0.1) is 5.82 Å². The second-order valence-corrected chi connectivity index (χ2v) is 5.58. The highest BCUT2D eigenvalue weighted by Crippen LogP contribution is 2.23. The van der Waals surface area contributed by atoms with Crippen molar-refractivity contribution in [2.75, 3.05) is 33.1 Å². The Hall–Kier alpha value is -2.60. The molecule has 5 nitrogen and oxygen atoms in total. The van der Waals surface area contributed by atoms with E-state index in [9.17, 15) is 4.39 Å². The highest BCUT2D eigenvalue weighted by molar-refractivity contribution is 5.93. The van der Waals surface area contributed by atoms with Crippen LogP contribution in [-0.2, 0) is 0 Å². The number of nitrogens with two attached hydrogens (primary N) is 1. The van der Waals surface area contributed by atoms with Gasteiger partial charge in [-0.1, -0.05) is 24.3 Å². The first-order valence-corrected chi connectivity index (χ1v) is 7.63. The van der Waals surface area contributed by atoms with Crippen LogP contribution in [0.1, 0.15) is 11.6 Å². The molecule has 24 heavy (non-hydrogen) atoms. The number of likely N-dealkylation sites (N-methyl/N-ethyl adjacent to an activating group) is 1. The number of rotatable bonds is 6. The first-order chi connectivity index (χ1) is 11.5. The van der Waals surface area contributed by atoms with Crippen molar-refractivity contribution in [3.05, 3.63) is 59.9 Å². The van der Waals surface area contributed by atoms with Gasteiger partial charge in [0.2, 0.25) is 0 Å². The zero-order valence-corrected chi connectivity index (χ0v) is 14.2. The highest BCUT2D eigenvalue weighted by atomic mass is 19.1. The number of ether oxygens (including phenoxy) is 1. The SMILES string of the molecule is COc1ccccc1NC(N)=NCC(c1ccc(F)cc1)N(C)C. The van der Waals surface area contributed by atoms with Gasteiger partial charge < -0.3 is 20.7 Å². The van der Waals surface area contributed by atoms with Gasteiger partial charge in [-0.15, -0.1) is 0 Å². The van der Waals surface area contributed by atoms with Crippen LogP contribution in [0.25, 0.3) is 0 Å². The Kier molecular flexibility index (Phi) is 6.14. The van der Waals surface area contributed by atoms with Crippen LogP contribution in [0.2, 0.25) is 0 Å². The molecule has 0 aliphatic carbocycles. The Labute approximate surface area is 142 Å². The predicted octanol–water partition coefficient (Wildman–Crippen LogP) is 2.86. The fourth-order valence-electron chi connectivity index (χ4n) is 2.36. The quantitative estimate of drug-likeness (QED) is 0.631. The summed E-state index contributed by atoms with van der Waals surface area (Å²) in [6, 6.07) is 13.9. The molecule has 0 aromatic heterocycles. The Balaban J connectivity index is 2.09. The number of nitrogens with zero attached hydrogens (tertiary/aromatic N) is 2. The Morgan fingerprint density at radius 1 is 1.21 bits per heavy atom. The molecule has 0 saturated heterocycles. The van der Waals surface area contributed by atoms with Crippen molar-refractivity contribution in [1.29, 1.82) is 0 Å².